The number of hydrogen-bond acceptors (Lipinski definition) is 1. The van der Waals surface area contributed by atoms with Crippen molar-refractivity contribution in [2.45, 2.75) is 46.0 Å². The highest BCUT2D eigenvalue weighted by molar-refractivity contribution is 6.10. The molecule has 0 fully saturated rings. The molecule has 304 valence electrons. The maximum Gasteiger partial charge on any atom is 0.0541 e. The molecular formula is C61H50N2. The fourth-order valence-corrected chi connectivity index (χ4v) is 10.4. The van der Waals surface area contributed by atoms with Gasteiger partial charge in [-0.3, -0.25) is 0 Å². The van der Waals surface area contributed by atoms with E-state index in [1.54, 1.807) is 0 Å². The smallest absolute Gasteiger partial charge is 0.0541 e. The van der Waals surface area contributed by atoms with E-state index < -0.39 is 0 Å². The third-order valence-electron chi connectivity index (χ3n) is 13.6. The zero-order valence-corrected chi connectivity index (χ0v) is 36.4. The maximum atomic E-state index is 2.43. The summed E-state index contributed by atoms with van der Waals surface area (Å²) in [7, 11) is 0. The summed E-state index contributed by atoms with van der Waals surface area (Å²) in [5.41, 5.74) is 22.6. The first-order valence-corrected chi connectivity index (χ1v) is 22.5. The Kier molecular flexibility index (Phi) is 9.46. The van der Waals surface area contributed by atoms with Gasteiger partial charge in [-0.25, -0.2) is 0 Å². The van der Waals surface area contributed by atoms with Crippen LogP contribution in [0.1, 0.15) is 49.9 Å². The lowest BCUT2D eigenvalue weighted by atomic mass is 9.82. The van der Waals surface area contributed by atoms with E-state index in [1.165, 1.54) is 94.3 Å². The average Bonchev–Trinajstić information content (AvgIpc) is 3.79. The van der Waals surface area contributed by atoms with E-state index in [0.717, 1.165) is 29.9 Å². The normalized spacial score (nSPS) is 12.7. The molecule has 2 nitrogen and oxygen atoms in total. The van der Waals surface area contributed by atoms with Gasteiger partial charge < -0.3 is 9.47 Å². The third kappa shape index (κ3) is 6.40. The Labute approximate surface area is 371 Å². The Morgan fingerprint density at radius 2 is 0.968 bits per heavy atom. The third-order valence-corrected chi connectivity index (χ3v) is 13.6. The molecule has 63 heavy (non-hydrogen) atoms. The fraction of sp³-hybridized carbons (Fsp3) is 0.115. The van der Waals surface area contributed by atoms with E-state index in [9.17, 15) is 0 Å². The van der Waals surface area contributed by atoms with Gasteiger partial charge in [-0.05, 0) is 146 Å². The lowest BCUT2D eigenvalue weighted by Gasteiger charge is -2.28. The monoisotopic (exact) mass is 810 g/mol. The summed E-state index contributed by atoms with van der Waals surface area (Å²) in [6, 6.07) is 76.4. The topological polar surface area (TPSA) is 8.17 Å². The molecule has 0 saturated heterocycles. The molecule has 10 aromatic rings. The van der Waals surface area contributed by atoms with Crippen LogP contribution in [0.25, 0.3) is 72.0 Å². The lowest BCUT2D eigenvalue weighted by Crippen LogP contribution is -2.16. The Morgan fingerprint density at radius 1 is 0.397 bits per heavy atom. The van der Waals surface area contributed by atoms with Crippen molar-refractivity contribution in [3.8, 4) is 50.2 Å². The second-order valence-electron chi connectivity index (χ2n) is 17.5. The minimum atomic E-state index is -0.112. The second-order valence-corrected chi connectivity index (χ2v) is 17.5. The van der Waals surface area contributed by atoms with E-state index >= 15 is 0 Å². The van der Waals surface area contributed by atoms with Gasteiger partial charge in [0.2, 0.25) is 0 Å². The summed E-state index contributed by atoms with van der Waals surface area (Å²) in [6.07, 6.45) is 1.98. The summed E-state index contributed by atoms with van der Waals surface area (Å²) >= 11 is 0. The largest absolute Gasteiger partial charge is 0.310 e. The van der Waals surface area contributed by atoms with Crippen LogP contribution in [0, 0.1) is 0 Å². The Hall–Kier alpha value is -7.42. The number of aryl methyl sites for hydroxylation is 2. The summed E-state index contributed by atoms with van der Waals surface area (Å²) in [6.45, 7) is 9.25. The number of nitrogens with zero attached hydrogens (tertiary/aromatic N) is 2. The molecule has 0 spiro atoms. The van der Waals surface area contributed by atoms with Gasteiger partial charge in [0.15, 0.2) is 0 Å². The van der Waals surface area contributed by atoms with Gasteiger partial charge in [-0.2, -0.15) is 0 Å². The SMILES string of the molecule is CCc1ccccc1-c1c(CC)cccc1-c1ccc(N(c2ccc(-c3ccc4c(c3)c3ccccc3n4-c3ccccc3)cc2)c2ccc3c(c2)C(C)(C)c2ccccc2-3)cc1. The Balaban J connectivity index is 1.02. The minimum absolute atomic E-state index is 0.112. The van der Waals surface area contributed by atoms with Crippen molar-refractivity contribution in [2.24, 2.45) is 0 Å². The molecule has 0 radical (unpaired) electrons. The molecule has 1 aliphatic carbocycles. The molecule has 0 saturated carbocycles. The van der Waals surface area contributed by atoms with E-state index in [4.69, 9.17) is 0 Å². The van der Waals surface area contributed by atoms with Crippen molar-refractivity contribution in [3.05, 3.63) is 229 Å². The van der Waals surface area contributed by atoms with Gasteiger partial charge in [0.1, 0.15) is 0 Å². The summed E-state index contributed by atoms with van der Waals surface area (Å²) in [5.74, 6) is 0. The van der Waals surface area contributed by atoms with E-state index in [1.807, 2.05) is 0 Å². The number of anilines is 3. The van der Waals surface area contributed by atoms with Crippen molar-refractivity contribution < 1.29 is 0 Å². The number of aromatic nitrogens is 1. The van der Waals surface area contributed by atoms with E-state index in [2.05, 4.69) is 243 Å². The molecule has 0 unspecified atom stereocenters. The fourth-order valence-electron chi connectivity index (χ4n) is 10.4. The van der Waals surface area contributed by atoms with Crippen LogP contribution < -0.4 is 4.90 Å². The van der Waals surface area contributed by atoms with E-state index in [0.29, 0.717) is 0 Å². The molecule has 2 heteroatoms. The summed E-state index contributed by atoms with van der Waals surface area (Å²) in [4.78, 5) is 2.43. The first-order chi connectivity index (χ1) is 30.9. The van der Waals surface area contributed by atoms with Gasteiger partial charge in [-0.1, -0.05) is 167 Å². The Morgan fingerprint density at radius 3 is 1.73 bits per heavy atom. The second kappa shape index (κ2) is 15.5. The molecule has 0 atom stereocenters. The van der Waals surface area contributed by atoms with Gasteiger partial charge in [0.25, 0.3) is 0 Å². The van der Waals surface area contributed by atoms with Crippen molar-refractivity contribution in [2.75, 3.05) is 4.90 Å². The van der Waals surface area contributed by atoms with E-state index in [-0.39, 0.29) is 5.41 Å². The van der Waals surface area contributed by atoms with Gasteiger partial charge in [-0.15, -0.1) is 0 Å². The number of hydrogen-bond donors (Lipinski definition) is 0. The average molecular weight is 811 g/mol. The molecule has 1 aliphatic rings. The highest BCUT2D eigenvalue weighted by Gasteiger charge is 2.35. The Bertz CT molecular complexity index is 3310. The first kappa shape index (κ1) is 38.5. The number of benzene rings is 9. The molecule has 0 aliphatic heterocycles. The molecular weight excluding hydrogens is 761 g/mol. The predicted molar refractivity (Wildman–Crippen MR) is 268 cm³/mol. The van der Waals surface area contributed by atoms with Crippen LogP contribution in [0.15, 0.2) is 206 Å². The van der Waals surface area contributed by atoms with Gasteiger partial charge >= 0.3 is 0 Å². The van der Waals surface area contributed by atoms with Gasteiger partial charge in [0.05, 0.1) is 11.0 Å². The molecule has 0 bridgehead atoms. The quantitative estimate of drug-likeness (QED) is 0.141. The van der Waals surface area contributed by atoms with Crippen LogP contribution >= 0.6 is 0 Å². The van der Waals surface area contributed by atoms with Crippen LogP contribution in [0.5, 0.6) is 0 Å². The van der Waals surface area contributed by atoms with Crippen LogP contribution in [0.3, 0.4) is 0 Å². The highest BCUT2D eigenvalue weighted by Crippen LogP contribution is 2.51. The number of fused-ring (bicyclic) bond motifs is 6. The van der Waals surface area contributed by atoms with Crippen molar-refractivity contribution in [3.63, 3.8) is 0 Å². The van der Waals surface area contributed by atoms with Crippen LogP contribution in [0.4, 0.5) is 17.1 Å². The van der Waals surface area contributed by atoms with Gasteiger partial charge in [0, 0.05) is 38.9 Å². The van der Waals surface area contributed by atoms with Crippen molar-refractivity contribution in [1.82, 2.24) is 4.57 Å². The molecule has 1 aromatic heterocycles. The predicted octanol–water partition coefficient (Wildman–Crippen LogP) is 16.7. The zero-order valence-electron chi connectivity index (χ0n) is 36.4. The standard InChI is InChI=1S/C61H50N2/c1-5-41-17-10-11-21-50(41)60-42(6-2)18-16-24-51(60)44-29-34-48(35-30-44)62(49-36-37-53-52-22-12-14-25-56(52)61(3,4)57(53)40-49)47-32-27-43(28-33-47)45-31-38-59-55(39-45)54-23-13-15-26-58(54)63(59)46-19-8-7-9-20-46/h7-40H,5-6H2,1-4H3. The zero-order chi connectivity index (χ0) is 42.7. The highest BCUT2D eigenvalue weighted by atomic mass is 15.1. The van der Waals surface area contributed by atoms with Crippen molar-refractivity contribution >= 4 is 38.9 Å². The maximum absolute atomic E-state index is 2.43. The lowest BCUT2D eigenvalue weighted by molar-refractivity contribution is 0.660. The molecule has 0 N–H and O–H groups in total. The molecule has 9 aromatic carbocycles. The molecule has 11 rings (SSSR count). The van der Waals surface area contributed by atoms with Crippen LogP contribution in [0.2, 0.25) is 0 Å². The van der Waals surface area contributed by atoms with Crippen LogP contribution in [-0.4, -0.2) is 4.57 Å². The molecule has 0 amide bonds. The summed E-state index contributed by atoms with van der Waals surface area (Å²) < 4.78 is 2.38. The van der Waals surface area contributed by atoms with Crippen LogP contribution in [-0.2, 0) is 18.3 Å². The molecule has 1 heterocycles. The number of rotatable bonds is 9. The summed E-state index contributed by atoms with van der Waals surface area (Å²) in [5, 5.41) is 2.51. The van der Waals surface area contributed by atoms with Crippen molar-refractivity contribution in [1.29, 1.82) is 0 Å². The minimum Gasteiger partial charge on any atom is -0.310 e. The first-order valence-electron chi connectivity index (χ1n) is 22.5. The number of para-hydroxylation sites is 2.